The molecule has 17 heavy (non-hydrogen) atoms. The molecule has 3 nitrogen and oxygen atoms in total. The minimum Gasteiger partial charge on any atom is -0.390 e. The summed E-state index contributed by atoms with van der Waals surface area (Å²) in [7, 11) is 0. The lowest BCUT2D eigenvalue weighted by atomic mass is 10.1. The summed E-state index contributed by atoms with van der Waals surface area (Å²) in [6, 6.07) is 10.0. The molecule has 2 rings (SSSR count). The minimum atomic E-state index is -0.284. The van der Waals surface area contributed by atoms with Gasteiger partial charge in [-0.2, -0.15) is 0 Å². The summed E-state index contributed by atoms with van der Waals surface area (Å²) in [4.78, 5) is 2.36. The first kappa shape index (κ1) is 12.4. The lowest BCUT2D eigenvalue weighted by Gasteiger charge is -2.28. The molecular formula is C14H22N2O. The Morgan fingerprint density at radius 1 is 1.12 bits per heavy atom. The lowest BCUT2D eigenvalue weighted by Crippen LogP contribution is -2.39. The van der Waals surface area contributed by atoms with Gasteiger partial charge in [0.05, 0.1) is 6.10 Å². The highest BCUT2D eigenvalue weighted by molar-refractivity contribution is 5.42. The van der Waals surface area contributed by atoms with E-state index in [1.807, 2.05) is 30.3 Å². The first-order valence-electron chi connectivity index (χ1n) is 6.54. The summed E-state index contributed by atoms with van der Waals surface area (Å²) in [5, 5.41) is 13.2. The van der Waals surface area contributed by atoms with E-state index in [2.05, 4.69) is 10.2 Å². The van der Waals surface area contributed by atoms with Crippen LogP contribution in [0.5, 0.6) is 0 Å². The Bertz CT molecular complexity index is 309. The monoisotopic (exact) mass is 234 g/mol. The van der Waals surface area contributed by atoms with Gasteiger partial charge in [-0.15, -0.1) is 0 Å². The number of nitrogens with one attached hydrogen (secondary N) is 1. The Kier molecular flexibility index (Phi) is 4.83. The second-order valence-electron chi connectivity index (χ2n) is 4.76. The number of likely N-dealkylation sites (tertiary alicyclic amines) is 1. The molecule has 1 aliphatic heterocycles. The summed E-state index contributed by atoms with van der Waals surface area (Å²) in [6.45, 7) is 3.70. The van der Waals surface area contributed by atoms with Crippen molar-refractivity contribution in [3.8, 4) is 0 Å². The molecule has 1 aromatic carbocycles. The Morgan fingerprint density at radius 2 is 1.82 bits per heavy atom. The molecule has 0 saturated carbocycles. The Morgan fingerprint density at radius 3 is 2.53 bits per heavy atom. The summed E-state index contributed by atoms with van der Waals surface area (Å²) in [5.74, 6) is 0. The number of rotatable bonds is 5. The van der Waals surface area contributed by atoms with Crippen LogP contribution in [0.4, 0.5) is 5.69 Å². The van der Waals surface area contributed by atoms with Gasteiger partial charge in [-0.25, -0.2) is 0 Å². The van der Waals surface area contributed by atoms with Gasteiger partial charge < -0.3 is 15.3 Å². The van der Waals surface area contributed by atoms with Gasteiger partial charge in [0.2, 0.25) is 0 Å². The van der Waals surface area contributed by atoms with E-state index in [4.69, 9.17) is 0 Å². The van der Waals surface area contributed by atoms with Crippen LogP contribution < -0.4 is 5.32 Å². The van der Waals surface area contributed by atoms with Crippen molar-refractivity contribution in [3.05, 3.63) is 30.3 Å². The Labute approximate surface area is 103 Å². The van der Waals surface area contributed by atoms with Crippen LogP contribution in [0.25, 0.3) is 0 Å². The number of piperidine rings is 1. The van der Waals surface area contributed by atoms with Crippen molar-refractivity contribution >= 4 is 5.69 Å². The third-order valence-electron chi connectivity index (χ3n) is 3.23. The third kappa shape index (κ3) is 4.36. The van der Waals surface area contributed by atoms with Gasteiger partial charge in [-0.1, -0.05) is 24.6 Å². The van der Waals surface area contributed by atoms with Crippen LogP contribution in [0.1, 0.15) is 19.3 Å². The van der Waals surface area contributed by atoms with E-state index >= 15 is 0 Å². The number of anilines is 1. The fraction of sp³-hybridized carbons (Fsp3) is 0.571. The SMILES string of the molecule is OC(CNc1ccccc1)CN1CCCCC1. The second-order valence-corrected chi connectivity index (χ2v) is 4.76. The quantitative estimate of drug-likeness (QED) is 0.817. The van der Waals surface area contributed by atoms with E-state index in [1.165, 1.54) is 19.3 Å². The fourth-order valence-electron chi connectivity index (χ4n) is 2.30. The molecule has 0 bridgehead atoms. The van der Waals surface area contributed by atoms with Crippen LogP contribution in [0.2, 0.25) is 0 Å². The molecule has 0 aromatic heterocycles. The van der Waals surface area contributed by atoms with Gasteiger partial charge in [0.15, 0.2) is 0 Å². The average molecular weight is 234 g/mol. The first-order valence-corrected chi connectivity index (χ1v) is 6.54. The predicted octanol–water partition coefficient (Wildman–Crippen LogP) is 1.95. The maximum atomic E-state index is 9.96. The zero-order valence-electron chi connectivity index (χ0n) is 10.3. The van der Waals surface area contributed by atoms with E-state index in [9.17, 15) is 5.11 Å². The molecule has 0 spiro atoms. The van der Waals surface area contributed by atoms with Crippen molar-refractivity contribution < 1.29 is 5.11 Å². The predicted molar refractivity (Wildman–Crippen MR) is 71.2 cm³/mol. The number of nitrogens with zero attached hydrogens (tertiary/aromatic N) is 1. The molecule has 0 aliphatic carbocycles. The number of β-amino-alcohol motifs (C(OH)–C–C–N with tert-alkyl or cyclic N) is 1. The Hall–Kier alpha value is -1.06. The topological polar surface area (TPSA) is 35.5 Å². The van der Waals surface area contributed by atoms with Gasteiger partial charge in [0.1, 0.15) is 0 Å². The molecule has 1 atom stereocenters. The zero-order chi connectivity index (χ0) is 11.9. The van der Waals surface area contributed by atoms with E-state index in [-0.39, 0.29) is 6.10 Å². The van der Waals surface area contributed by atoms with Crippen LogP contribution in [0.3, 0.4) is 0 Å². The smallest absolute Gasteiger partial charge is 0.0839 e. The highest BCUT2D eigenvalue weighted by Crippen LogP contribution is 2.09. The van der Waals surface area contributed by atoms with Crippen molar-refractivity contribution in [2.45, 2.75) is 25.4 Å². The molecule has 1 aromatic rings. The molecule has 1 aliphatic rings. The van der Waals surface area contributed by atoms with Crippen molar-refractivity contribution in [2.75, 3.05) is 31.5 Å². The summed E-state index contributed by atoms with van der Waals surface area (Å²) in [5.41, 5.74) is 1.07. The molecule has 94 valence electrons. The van der Waals surface area contributed by atoms with E-state index in [1.54, 1.807) is 0 Å². The molecular weight excluding hydrogens is 212 g/mol. The van der Waals surface area contributed by atoms with E-state index < -0.39 is 0 Å². The lowest BCUT2D eigenvalue weighted by molar-refractivity contribution is 0.110. The molecule has 2 N–H and O–H groups in total. The molecule has 0 radical (unpaired) electrons. The van der Waals surface area contributed by atoms with Crippen molar-refractivity contribution in [2.24, 2.45) is 0 Å². The van der Waals surface area contributed by atoms with Gasteiger partial charge in [0.25, 0.3) is 0 Å². The van der Waals surface area contributed by atoms with Crippen molar-refractivity contribution in [3.63, 3.8) is 0 Å². The van der Waals surface area contributed by atoms with E-state index in [0.717, 1.165) is 25.3 Å². The third-order valence-corrected chi connectivity index (χ3v) is 3.23. The minimum absolute atomic E-state index is 0.284. The van der Waals surface area contributed by atoms with E-state index in [0.29, 0.717) is 6.54 Å². The van der Waals surface area contributed by atoms with Crippen LogP contribution in [0, 0.1) is 0 Å². The maximum Gasteiger partial charge on any atom is 0.0839 e. The summed E-state index contributed by atoms with van der Waals surface area (Å²) in [6.07, 6.45) is 3.61. The van der Waals surface area contributed by atoms with Gasteiger partial charge >= 0.3 is 0 Å². The summed E-state index contributed by atoms with van der Waals surface area (Å²) >= 11 is 0. The number of aliphatic hydroxyl groups is 1. The first-order chi connectivity index (χ1) is 8.34. The molecule has 0 amide bonds. The number of aliphatic hydroxyl groups excluding tert-OH is 1. The van der Waals surface area contributed by atoms with Crippen LogP contribution in [-0.4, -0.2) is 42.3 Å². The van der Waals surface area contributed by atoms with Crippen LogP contribution in [-0.2, 0) is 0 Å². The largest absolute Gasteiger partial charge is 0.390 e. The fourth-order valence-corrected chi connectivity index (χ4v) is 2.30. The molecule has 1 saturated heterocycles. The van der Waals surface area contributed by atoms with Crippen LogP contribution >= 0.6 is 0 Å². The zero-order valence-corrected chi connectivity index (χ0v) is 10.3. The molecule has 1 heterocycles. The second kappa shape index (κ2) is 6.62. The van der Waals surface area contributed by atoms with Crippen molar-refractivity contribution in [1.29, 1.82) is 0 Å². The van der Waals surface area contributed by atoms with Gasteiger partial charge in [-0.3, -0.25) is 0 Å². The number of benzene rings is 1. The standard InChI is InChI=1S/C14H22N2O/c17-14(12-16-9-5-2-6-10-16)11-15-13-7-3-1-4-8-13/h1,3-4,7-8,14-15,17H,2,5-6,9-12H2. The molecule has 3 heteroatoms. The highest BCUT2D eigenvalue weighted by atomic mass is 16.3. The summed E-state index contributed by atoms with van der Waals surface area (Å²) < 4.78 is 0. The molecule has 1 unspecified atom stereocenters. The van der Waals surface area contributed by atoms with Crippen molar-refractivity contribution in [1.82, 2.24) is 4.90 Å². The number of hydrogen-bond donors (Lipinski definition) is 2. The van der Waals surface area contributed by atoms with Gasteiger partial charge in [-0.05, 0) is 38.1 Å². The maximum absolute atomic E-state index is 9.96. The van der Waals surface area contributed by atoms with Crippen LogP contribution in [0.15, 0.2) is 30.3 Å². The average Bonchev–Trinajstić information content (AvgIpc) is 2.39. The normalized spacial score (nSPS) is 18.9. The number of para-hydroxylation sites is 1. The number of hydrogen-bond acceptors (Lipinski definition) is 3. The molecule has 1 fully saturated rings. The highest BCUT2D eigenvalue weighted by Gasteiger charge is 2.14. The van der Waals surface area contributed by atoms with Gasteiger partial charge in [0, 0.05) is 18.8 Å². The Balaban J connectivity index is 1.68.